The number of halogens is 3. The van der Waals surface area contributed by atoms with E-state index in [2.05, 4.69) is 5.32 Å². The molecule has 0 spiro atoms. The van der Waals surface area contributed by atoms with Crippen LogP contribution in [0, 0.1) is 6.92 Å². The largest absolute Gasteiger partial charge is 0.484 e. The van der Waals surface area contributed by atoms with E-state index in [4.69, 9.17) is 13.9 Å². The quantitative estimate of drug-likeness (QED) is 0.379. The zero-order chi connectivity index (χ0) is 24.3. The van der Waals surface area contributed by atoms with E-state index in [1.165, 1.54) is 36.6 Å². The maximum Gasteiger partial charge on any atom is 0.416 e. The number of rotatable bonds is 6. The average Bonchev–Trinajstić information content (AvgIpc) is 2.79. The molecule has 0 saturated carbocycles. The molecular weight excluding hydrogens is 451 g/mol. The number of alkyl halides is 3. The van der Waals surface area contributed by atoms with Gasteiger partial charge in [-0.15, -0.1) is 0 Å². The maximum absolute atomic E-state index is 12.8. The maximum atomic E-state index is 12.8. The fourth-order valence-corrected chi connectivity index (χ4v) is 3.18. The van der Waals surface area contributed by atoms with Crippen molar-refractivity contribution in [3.05, 3.63) is 94.3 Å². The molecule has 1 N–H and O–H groups in total. The number of hydrogen-bond donors (Lipinski definition) is 1. The van der Waals surface area contributed by atoms with Gasteiger partial charge < -0.3 is 19.2 Å². The molecule has 34 heavy (non-hydrogen) atoms. The Hall–Kier alpha value is -4.27. The van der Waals surface area contributed by atoms with Gasteiger partial charge in [0, 0.05) is 11.8 Å². The van der Waals surface area contributed by atoms with Crippen molar-refractivity contribution in [3.8, 4) is 17.2 Å². The SMILES string of the molecule is Cc1cccc(Oc2coc3cc(OCC(=O)Nc4cccc(C(F)(F)F)c4)ccc3c2=O)c1. The average molecular weight is 469 g/mol. The van der Waals surface area contributed by atoms with Crippen molar-refractivity contribution >= 4 is 22.6 Å². The predicted molar refractivity (Wildman–Crippen MR) is 119 cm³/mol. The molecular formula is C25H18F3NO5. The Morgan fingerprint density at radius 1 is 1.00 bits per heavy atom. The molecule has 4 aromatic rings. The van der Waals surface area contributed by atoms with Crippen LogP contribution in [-0.2, 0) is 11.0 Å². The van der Waals surface area contributed by atoms with Crippen LogP contribution in [0.1, 0.15) is 11.1 Å². The number of nitrogens with one attached hydrogen (secondary N) is 1. The molecule has 0 radical (unpaired) electrons. The fourth-order valence-electron chi connectivity index (χ4n) is 3.18. The molecule has 0 aliphatic rings. The van der Waals surface area contributed by atoms with E-state index in [9.17, 15) is 22.8 Å². The molecule has 3 aromatic carbocycles. The lowest BCUT2D eigenvalue weighted by Crippen LogP contribution is -2.20. The van der Waals surface area contributed by atoms with Gasteiger partial charge in [0.1, 0.15) is 23.3 Å². The second kappa shape index (κ2) is 9.30. The molecule has 4 rings (SSSR count). The Labute approximate surface area is 191 Å². The highest BCUT2D eigenvalue weighted by Gasteiger charge is 2.30. The van der Waals surface area contributed by atoms with Crippen LogP contribution in [0.5, 0.6) is 17.2 Å². The molecule has 1 aromatic heterocycles. The second-order valence-corrected chi connectivity index (χ2v) is 7.42. The van der Waals surface area contributed by atoms with Crippen molar-refractivity contribution in [1.29, 1.82) is 0 Å². The van der Waals surface area contributed by atoms with Gasteiger partial charge in [-0.2, -0.15) is 13.2 Å². The summed E-state index contributed by atoms with van der Waals surface area (Å²) in [5.74, 6) is 0.107. The zero-order valence-electron chi connectivity index (χ0n) is 17.8. The molecule has 1 amide bonds. The van der Waals surface area contributed by atoms with E-state index in [-0.39, 0.29) is 33.6 Å². The highest BCUT2D eigenvalue weighted by molar-refractivity contribution is 5.92. The highest BCUT2D eigenvalue weighted by Crippen LogP contribution is 2.30. The third-order valence-electron chi connectivity index (χ3n) is 4.78. The summed E-state index contributed by atoms with van der Waals surface area (Å²) >= 11 is 0. The molecule has 0 aliphatic heterocycles. The van der Waals surface area contributed by atoms with Crippen molar-refractivity contribution < 1.29 is 31.9 Å². The number of carbonyl (C=O) groups is 1. The predicted octanol–water partition coefficient (Wildman–Crippen LogP) is 5.93. The van der Waals surface area contributed by atoms with E-state index >= 15 is 0 Å². The van der Waals surface area contributed by atoms with Crippen LogP contribution < -0.4 is 20.2 Å². The van der Waals surface area contributed by atoms with Crippen LogP contribution in [-0.4, -0.2) is 12.5 Å². The summed E-state index contributed by atoms with van der Waals surface area (Å²) in [6.45, 7) is 1.44. The first-order chi connectivity index (χ1) is 16.2. The first-order valence-corrected chi connectivity index (χ1v) is 10.1. The number of aryl methyl sites for hydroxylation is 1. The van der Waals surface area contributed by atoms with Crippen molar-refractivity contribution in [2.45, 2.75) is 13.1 Å². The number of ether oxygens (including phenoxy) is 2. The Balaban J connectivity index is 1.43. The van der Waals surface area contributed by atoms with E-state index in [1.54, 1.807) is 18.2 Å². The first kappa shape index (κ1) is 22.9. The van der Waals surface area contributed by atoms with E-state index in [1.807, 2.05) is 13.0 Å². The summed E-state index contributed by atoms with van der Waals surface area (Å²) in [6.07, 6.45) is -3.33. The van der Waals surface area contributed by atoms with Gasteiger partial charge >= 0.3 is 6.18 Å². The minimum absolute atomic E-state index is 0.00549. The van der Waals surface area contributed by atoms with Crippen molar-refractivity contribution in [2.75, 3.05) is 11.9 Å². The van der Waals surface area contributed by atoms with Crippen molar-refractivity contribution in [1.82, 2.24) is 0 Å². The Morgan fingerprint density at radius 2 is 1.79 bits per heavy atom. The van der Waals surface area contributed by atoms with Crippen LogP contribution in [0.2, 0.25) is 0 Å². The van der Waals surface area contributed by atoms with Crippen molar-refractivity contribution in [3.63, 3.8) is 0 Å². The molecule has 0 fully saturated rings. The van der Waals surface area contributed by atoms with Crippen molar-refractivity contribution in [2.24, 2.45) is 0 Å². The summed E-state index contributed by atoms with van der Waals surface area (Å²) in [5.41, 5.74) is -0.0638. The van der Waals surface area contributed by atoms with Gasteiger partial charge in [-0.25, -0.2) is 0 Å². The van der Waals surface area contributed by atoms with Gasteiger partial charge in [0.05, 0.1) is 10.9 Å². The van der Waals surface area contributed by atoms with Crippen LogP contribution in [0.25, 0.3) is 11.0 Å². The molecule has 9 heteroatoms. The summed E-state index contributed by atoms with van der Waals surface area (Å²) in [6, 6.07) is 15.9. The third-order valence-corrected chi connectivity index (χ3v) is 4.78. The van der Waals surface area contributed by atoms with Gasteiger partial charge in [-0.1, -0.05) is 18.2 Å². The number of carbonyl (C=O) groups excluding carboxylic acids is 1. The van der Waals surface area contributed by atoms with E-state index < -0.39 is 24.3 Å². The van der Waals surface area contributed by atoms with Crippen LogP contribution >= 0.6 is 0 Å². The second-order valence-electron chi connectivity index (χ2n) is 7.42. The number of benzene rings is 3. The smallest absolute Gasteiger partial charge is 0.416 e. The Morgan fingerprint density at radius 3 is 2.56 bits per heavy atom. The molecule has 0 bridgehead atoms. The Kier molecular flexibility index (Phi) is 6.27. The first-order valence-electron chi connectivity index (χ1n) is 10.1. The highest BCUT2D eigenvalue weighted by atomic mass is 19.4. The van der Waals surface area contributed by atoms with Crippen LogP contribution in [0.4, 0.5) is 18.9 Å². The zero-order valence-corrected chi connectivity index (χ0v) is 17.8. The van der Waals surface area contributed by atoms with Gasteiger partial charge in [0.15, 0.2) is 6.61 Å². The standard InChI is InChI=1S/C25H18F3NO5/c1-15-4-2-7-19(10-15)34-22-13-33-21-12-18(8-9-20(21)24(22)31)32-14-23(30)29-17-6-3-5-16(11-17)25(26,27)28/h2-13H,14H2,1H3,(H,29,30). The van der Waals surface area contributed by atoms with Crippen LogP contribution in [0.3, 0.4) is 0 Å². The fraction of sp³-hybridized carbons (Fsp3) is 0.120. The molecule has 0 aliphatic carbocycles. The summed E-state index contributed by atoms with van der Waals surface area (Å²) in [4.78, 5) is 24.8. The summed E-state index contributed by atoms with van der Waals surface area (Å²) in [5, 5.41) is 2.61. The number of fused-ring (bicyclic) bond motifs is 1. The lowest BCUT2D eigenvalue weighted by Gasteiger charge is -2.11. The molecule has 6 nitrogen and oxygen atoms in total. The van der Waals surface area contributed by atoms with E-state index in [0.717, 1.165) is 17.7 Å². The van der Waals surface area contributed by atoms with Gasteiger partial charge in [0.2, 0.25) is 11.2 Å². The van der Waals surface area contributed by atoms with Gasteiger partial charge in [-0.05, 0) is 55.0 Å². The topological polar surface area (TPSA) is 77.8 Å². The number of hydrogen-bond acceptors (Lipinski definition) is 5. The summed E-state index contributed by atoms with van der Waals surface area (Å²) < 4.78 is 54.9. The molecule has 0 unspecified atom stereocenters. The van der Waals surface area contributed by atoms with Gasteiger partial charge in [0.25, 0.3) is 5.91 Å². The lowest BCUT2D eigenvalue weighted by molar-refractivity contribution is -0.137. The molecule has 0 atom stereocenters. The Bertz CT molecular complexity index is 1410. The van der Waals surface area contributed by atoms with Gasteiger partial charge in [-0.3, -0.25) is 9.59 Å². The van der Waals surface area contributed by atoms with Crippen LogP contribution in [0.15, 0.2) is 82.2 Å². The van der Waals surface area contributed by atoms with E-state index in [0.29, 0.717) is 5.75 Å². The minimum Gasteiger partial charge on any atom is -0.484 e. The lowest BCUT2D eigenvalue weighted by atomic mass is 10.2. The monoisotopic (exact) mass is 469 g/mol. The summed E-state index contributed by atoms with van der Waals surface area (Å²) in [7, 11) is 0. The number of anilines is 1. The molecule has 0 saturated heterocycles. The molecule has 174 valence electrons. The minimum atomic E-state index is -4.52. The normalized spacial score (nSPS) is 11.3. The third kappa shape index (κ3) is 5.37. The molecule has 1 heterocycles. The number of amides is 1.